The average Bonchev–Trinajstić information content (AvgIpc) is 3.68. The van der Waals surface area contributed by atoms with Gasteiger partial charge in [0.2, 0.25) is 5.69 Å². The molecule has 186 valence electrons. The van der Waals surface area contributed by atoms with Crippen molar-refractivity contribution in [1.29, 1.82) is 0 Å². The second-order valence-electron chi connectivity index (χ2n) is 12.4. The van der Waals surface area contributed by atoms with Gasteiger partial charge in [-0.1, -0.05) is 18.6 Å². The van der Waals surface area contributed by atoms with Gasteiger partial charge < -0.3 is 9.67 Å². The molecule has 1 aromatic heterocycles. The number of aromatic nitrogens is 2. The van der Waals surface area contributed by atoms with Gasteiger partial charge in [0.15, 0.2) is 0 Å². The van der Waals surface area contributed by atoms with Gasteiger partial charge in [0.25, 0.3) is 5.56 Å². The van der Waals surface area contributed by atoms with Crippen LogP contribution in [0.15, 0.2) is 29.1 Å². The van der Waals surface area contributed by atoms with Gasteiger partial charge in [-0.25, -0.2) is 9.78 Å². The van der Waals surface area contributed by atoms with Gasteiger partial charge in [-0.2, -0.15) is 0 Å². The van der Waals surface area contributed by atoms with Crippen LogP contribution in [-0.2, 0) is 0 Å². The number of nitrogens with zero attached hydrogens (tertiary/aromatic N) is 3. The van der Waals surface area contributed by atoms with E-state index in [1.165, 1.54) is 64.2 Å². The molecular formula is C29H37N3O3. The molecule has 35 heavy (non-hydrogen) atoms. The van der Waals surface area contributed by atoms with Crippen molar-refractivity contribution in [3.05, 3.63) is 40.3 Å². The first-order chi connectivity index (χ1) is 17.0. The Morgan fingerprint density at radius 1 is 0.800 bits per heavy atom. The van der Waals surface area contributed by atoms with Crippen molar-refractivity contribution >= 4 is 17.0 Å². The zero-order valence-corrected chi connectivity index (χ0v) is 20.5. The standard InChI is InChI=1S/C29H37N3O3/c33-28-27(29(34)35)30-25-6-1-2-7-26(25)32(28)24-15-21-4-3-5-22(16-24)31(21)23-13-17-10-18(14-23)12-20(11-17)19-8-9-19/h1-2,6-7,17-24H,3-5,8-16H2,(H,34,35). The van der Waals surface area contributed by atoms with Crippen LogP contribution in [0.2, 0.25) is 0 Å². The molecular weight excluding hydrogens is 438 g/mol. The minimum atomic E-state index is -1.23. The lowest BCUT2D eigenvalue weighted by Crippen LogP contribution is -2.59. The van der Waals surface area contributed by atoms with E-state index in [1.807, 2.05) is 24.3 Å². The summed E-state index contributed by atoms with van der Waals surface area (Å²) in [6.45, 7) is 0. The molecule has 3 aliphatic carbocycles. The normalized spacial score (nSPS) is 37.3. The Kier molecular flexibility index (Phi) is 5.30. The van der Waals surface area contributed by atoms with Crippen molar-refractivity contribution in [2.75, 3.05) is 0 Å². The molecule has 0 amide bonds. The van der Waals surface area contributed by atoms with E-state index in [4.69, 9.17) is 0 Å². The van der Waals surface area contributed by atoms with Crippen LogP contribution in [0.3, 0.4) is 0 Å². The molecule has 1 aromatic carbocycles. The number of rotatable bonds is 4. The smallest absolute Gasteiger partial charge is 0.360 e. The number of piperidine rings is 2. The van der Waals surface area contributed by atoms with Crippen LogP contribution in [-0.4, -0.2) is 43.7 Å². The number of hydrogen-bond acceptors (Lipinski definition) is 4. The Labute approximate surface area is 206 Å². The van der Waals surface area contributed by atoms with Crippen LogP contribution in [0.1, 0.15) is 93.6 Å². The minimum Gasteiger partial charge on any atom is -0.476 e. The van der Waals surface area contributed by atoms with Crippen LogP contribution in [0.4, 0.5) is 0 Å². The Morgan fingerprint density at radius 3 is 2.14 bits per heavy atom. The highest BCUT2D eigenvalue weighted by Crippen LogP contribution is 2.53. The number of hydrogen-bond donors (Lipinski definition) is 1. The fraction of sp³-hybridized carbons (Fsp3) is 0.690. The second-order valence-corrected chi connectivity index (χ2v) is 12.4. The van der Waals surface area contributed by atoms with Crippen molar-refractivity contribution in [3.63, 3.8) is 0 Å². The van der Waals surface area contributed by atoms with Crippen LogP contribution in [0.5, 0.6) is 0 Å². The number of carboxylic acids is 1. The maximum absolute atomic E-state index is 13.4. The fourth-order valence-corrected chi connectivity index (χ4v) is 8.91. The van der Waals surface area contributed by atoms with E-state index < -0.39 is 11.5 Å². The van der Waals surface area contributed by atoms with E-state index in [0.717, 1.165) is 42.0 Å². The summed E-state index contributed by atoms with van der Waals surface area (Å²) in [5, 5.41) is 9.67. The summed E-state index contributed by atoms with van der Waals surface area (Å²) in [7, 11) is 0. The third-order valence-corrected chi connectivity index (χ3v) is 10.2. The van der Waals surface area contributed by atoms with Crippen LogP contribution in [0.25, 0.3) is 11.0 Å². The highest BCUT2D eigenvalue weighted by atomic mass is 16.4. The van der Waals surface area contributed by atoms with Gasteiger partial charge in [-0.3, -0.25) is 9.69 Å². The van der Waals surface area contributed by atoms with Gasteiger partial charge in [-0.05, 0) is 106 Å². The number of carboxylic acid groups (broad SMARTS) is 1. The summed E-state index contributed by atoms with van der Waals surface area (Å²) >= 11 is 0. The molecule has 4 bridgehead atoms. The van der Waals surface area contributed by atoms with Gasteiger partial charge in [0.05, 0.1) is 11.0 Å². The summed E-state index contributed by atoms with van der Waals surface area (Å²) in [6.07, 6.45) is 15.7. The molecule has 4 unspecified atom stereocenters. The number of fused-ring (bicyclic) bond motifs is 5. The number of benzene rings is 1. The SMILES string of the molecule is O=C(O)c1nc2ccccc2n(C2CC3CCCC(C2)N3C2CC3CC(CC(C4CC4)C3)C2)c1=O. The topological polar surface area (TPSA) is 75.4 Å². The summed E-state index contributed by atoms with van der Waals surface area (Å²) in [6, 6.07) is 9.29. The number of para-hydroxylation sites is 2. The third-order valence-electron chi connectivity index (χ3n) is 10.2. The second kappa shape index (κ2) is 8.43. The maximum Gasteiger partial charge on any atom is 0.360 e. The molecule has 2 aromatic rings. The summed E-state index contributed by atoms with van der Waals surface area (Å²) in [5.41, 5.74) is 0.590. The molecule has 0 spiro atoms. The first kappa shape index (κ1) is 22.0. The average molecular weight is 476 g/mol. The van der Waals surface area contributed by atoms with Crippen molar-refractivity contribution in [2.45, 2.75) is 101 Å². The Balaban J connectivity index is 1.17. The lowest BCUT2D eigenvalue weighted by molar-refractivity contribution is -0.0543. The van der Waals surface area contributed by atoms with E-state index in [-0.39, 0.29) is 11.7 Å². The molecule has 1 N–H and O–H groups in total. The highest BCUT2D eigenvalue weighted by Gasteiger charge is 2.47. The molecule has 2 saturated heterocycles. The molecule has 4 atom stereocenters. The van der Waals surface area contributed by atoms with Crippen molar-refractivity contribution in [3.8, 4) is 0 Å². The fourth-order valence-electron chi connectivity index (χ4n) is 8.91. The zero-order chi connectivity index (χ0) is 23.7. The van der Waals surface area contributed by atoms with Crippen LogP contribution >= 0.6 is 0 Å². The van der Waals surface area contributed by atoms with E-state index in [9.17, 15) is 14.7 Å². The molecule has 0 radical (unpaired) electrons. The quantitative estimate of drug-likeness (QED) is 0.653. The lowest BCUT2D eigenvalue weighted by Gasteiger charge is -2.56. The molecule has 3 heterocycles. The Morgan fingerprint density at radius 2 is 1.49 bits per heavy atom. The van der Waals surface area contributed by atoms with Gasteiger partial charge in [-0.15, -0.1) is 0 Å². The molecule has 6 nitrogen and oxygen atoms in total. The first-order valence-corrected chi connectivity index (χ1v) is 14.1. The summed E-state index contributed by atoms with van der Waals surface area (Å²) in [5.74, 6) is 2.67. The van der Waals surface area contributed by atoms with Crippen LogP contribution < -0.4 is 5.56 Å². The Hall–Kier alpha value is -2.21. The molecule has 6 heteroatoms. The van der Waals surface area contributed by atoms with Gasteiger partial charge >= 0.3 is 5.97 Å². The van der Waals surface area contributed by atoms with Crippen molar-refractivity contribution in [1.82, 2.24) is 14.5 Å². The van der Waals surface area contributed by atoms with Gasteiger partial charge in [0, 0.05) is 24.2 Å². The van der Waals surface area contributed by atoms with E-state index in [1.54, 1.807) is 4.57 Å². The summed E-state index contributed by atoms with van der Waals surface area (Å²) < 4.78 is 1.80. The third kappa shape index (κ3) is 3.83. The van der Waals surface area contributed by atoms with Gasteiger partial charge in [0.1, 0.15) is 0 Å². The summed E-state index contributed by atoms with van der Waals surface area (Å²) in [4.78, 5) is 32.3. The zero-order valence-electron chi connectivity index (χ0n) is 20.5. The molecule has 5 fully saturated rings. The lowest BCUT2D eigenvalue weighted by atomic mass is 9.64. The van der Waals surface area contributed by atoms with E-state index in [2.05, 4.69) is 9.88 Å². The van der Waals surface area contributed by atoms with E-state index >= 15 is 0 Å². The molecule has 3 saturated carbocycles. The predicted molar refractivity (Wildman–Crippen MR) is 135 cm³/mol. The minimum absolute atomic E-state index is 0.0439. The Bertz CT molecular complexity index is 1180. The van der Waals surface area contributed by atoms with Crippen molar-refractivity contribution in [2.24, 2.45) is 23.7 Å². The van der Waals surface area contributed by atoms with E-state index in [0.29, 0.717) is 23.6 Å². The largest absolute Gasteiger partial charge is 0.476 e. The molecule has 7 rings (SSSR count). The molecule has 2 aliphatic heterocycles. The van der Waals surface area contributed by atoms with Crippen molar-refractivity contribution < 1.29 is 9.90 Å². The number of carbonyl (C=O) groups is 1. The molecule has 5 aliphatic rings. The first-order valence-electron chi connectivity index (χ1n) is 14.1. The van der Waals surface area contributed by atoms with Crippen LogP contribution in [0, 0.1) is 23.7 Å². The predicted octanol–water partition coefficient (Wildman–Crippen LogP) is 5.26. The maximum atomic E-state index is 13.4. The monoisotopic (exact) mass is 475 g/mol. The highest BCUT2D eigenvalue weighted by molar-refractivity contribution is 5.88. The number of aromatic carboxylic acids is 1.